The molecule has 5 heteroatoms. The molecule has 4 rings (SSSR count). The standard InChI is InChI=1S/C19H18N2O3/c20-18-5-6-21-11-17(18)15-2-1-14-10-16(4-3-13(14)9-15)24-12-19-22-7-8-23-19/h1-6,9-11,19H,7-8,12H2,(H2,20,21). The van der Waals surface area contributed by atoms with Crippen LogP contribution in [0, 0.1) is 0 Å². The third-order valence-electron chi connectivity index (χ3n) is 4.05. The molecule has 0 spiro atoms. The normalized spacial score (nSPS) is 15.0. The number of ether oxygens (including phenoxy) is 3. The van der Waals surface area contributed by atoms with E-state index in [1.54, 1.807) is 12.4 Å². The van der Waals surface area contributed by atoms with Gasteiger partial charge in [-0.1, -0.05) is 18.2 Å². The number of nitrogen functional groups attached to an aromatic ring is 1. The van der Waals surface area contributed by atoms with Gasteiger partial charge in [-0.15, -0.1) is 0 Å². The summed E-state index contributed by atoms with van der Waals surface area (Å²) in [4.78, 5) is 4.15. The summed E-state index contributed by atoms with van der Waals surface area (Å²) in [5.74, 6) is 0.801. The second-order valence-electron chi connectivity index (χ2n) is 5.67. The van der Waals surface area contributed by atoms with E-state index in [9.17, 15) is 0 Å². The quantitative estimate of drug-likeness (QED) is 0.799. The van der Waals surface area contributed by atoms with Gasteiger partial charge in [-0.2, -0.15) is 0 Å². The summed E-state index contributed by atoms with van der Waals surface area (Å²) >= 11 is 0. The number of nitrogens with zero attached hydrogens (tertiary/aromatic N) is 1. The van der Waals surface area contributed by atoms with Crippen molar-refractivity contribution in [2.24, 2.45) is 0 Å². The van der Waals surface area contributed by atoms with Crippen molar-refractivity contribution < 1.29 is 14.2 Å². The summed E-state index contributed by atoms with van der Waals surface area (Å²) in [6.07, 6.45) is 3.22. The minimum absolute atomic E-state index is 0.267. The fourth-order valence-corrected chi connectivity index (χ4v) is 2.80. The van der Waals surface area contributed by atoms with Gasteiger partial charge in [0.05, 0.1) is 13.2 Å². The highest BCUT2D eigenvalue weighted by atomic mass is 16.7. The molecular formula is C19H18N2O3. The van der Waals surface area contributed by atoms with Gasteiger partial charge in [0.2, 0.25) is 0 Å². The summed E-state index contributed by atoms with van der Waals surface area (Å²) in [6.45, 7) is 1.66. The van der Waals surface area contributed by atoms with Crippen LogP contribution >= 0.6 is 0 Å². The number of pyridine rings is 1. The van der Waals surface area contributed by atoms with Gasteiger partial charge >= 0.3 is 0 Å². The molecule has 0 atom stereocenters. The zero-order valence-electron chi connectivity index (χ0n) is 13.1. The van der Waals surface area contributed by atoms with Crippen LogP contribution in [0.5, 0.6) is 5.75 Å². The van der Waals surface area contributed by atoms with E-state index in [-0.39, 0.29) is 6.29 Å². The maximum Gasteiger partial charge on any atom is 0.191 e. The summed E-state index contributed by atoms with van der Waals surface area (Å²) in [5.41, 5.74) is 8.75. The largest absolute Gasteiger partial charge is 0.488 e. The summed E-state index contributed by atoms with van der Waals surface area (Å²) < 4.78 is 16.5. The third-order valence-corrected chi connectivity index (χ3v) is 4.05. The predicted molar refractivity (Wildman–Crippen MR) is 92.8 cm³/mol. The van der Waals surface area contributed by atoms with Crippen LogP contribution in [0.25, 0.3) is 21.9 Å². The van der Waals surface area contributed by atoms with Crippen LogP contribution in [-0.4, -0.2) is 31.1 Å². The third kappa shape index (κ3) is 3.04. The number of aromatic nitrogens is 1. The van der Waals surface area contributed by atoms with Crippen LogP contribution in [-0.2, 0) is 9.47 Å². The first-order valence-electron chi connectivity index (χ1n) is 7.89. The molecule has 2 N–H and O–H groups in total. The van der Waals surface area contributed by atoms with Crippen molar-refractivity contribution in [3.63, 3.8) is 0 Å². The maximum atomic E-state index is 6.04. The Morgan fingerprint density at radius 3 is 2.67 bits per heavy atom. The highest BCUT2D eigenvalue weighted by molar-refractivity contribution is 5.90. The first-order valence-corrected chi connectivity index (χ1v) is 7.89. The van der Waals surface area contributed by atoms with Crippen molar-refractivity contribution in [2.45, 2.75) is 6.29 Å². The maximum absolute atomic E-state index is 6.04. The summed E-state index contributed by atoms with van der Waals surface area (Å²) in [7, 11) is 0. The monoisotopic (exact) mass is 322 g/mol. The van der Waals surface area contributed by atoms with E-state index >= 15 is 0 Å². The Balaban J connectivity index is 1.57. The molecule has 1 saturated heterocycles. The van der Waals surface area contributed by atoms with Crippen LogP contribution < -0.4 is 10.5 Å². The lowest BCUT2D eigenvalue weighted by Gasteiger charge is -2.12. The Morgan fingerprint density at radius 1 is 1.04 bits per heavy atom. The molecule has 1 aromatic heterocycles. The zero-order chi connectivity index (χ0) is 16.4. The molecule has 2 heterocycles. The Labute approximate surface area is 140 Å². The first-order chi connectivity index (χ1) is 11.8. The number of benzene rings is 2. The van der Waals surface area contributed by atoms with Crippen molar-refractivity contribution in [1.29, 1.82) is 0 Å². The Morgan fingerprint density at radius 2 is 1.83 bits per heavy atom. The van der Waals surface area contributed by atoms with Crippen molar-refractivity contribution >= 4 is 16.5 Å². The predicted octanol–water partition coefficient (Wildman–Crippen LogP) is 3.24. The van der Waals surface area contributed by atoms with Crippen molar-refractivity contribution in [3.8, 4) is 16.9 Å². The van der Waals surface area contributed by atoms with Crippen LogP contribution in [0.15, 0.2) is 54.9 Å². The molecule has 0 saturated carbocycles. The number of fused-ring (bicyclic) bond motifs is 1. The fraction of sp³-hybridized carbons (Fsp3) is 0.211. The highest BCUT2D eigenvalue weighted by Crippen LogP contribution is 2.29. The molecule has 0 amide bonds. The first kappa shape index (κ1) is 14.9. The molecule has 1 aliphatic rings. The van der Waals surface area contributed by atoms with Crippen LogP contribution in [0.4, 0.5) is 5.69 Å². The zero-order valence-corrected chi connectivity index (χ0v) is 13.1. The second kappa shape index (κ2) is 6.47. The number of hydrogen-bond acceptors (Lipinski definition) is 5. The molecule has 1 fully saturated rings. The van der Waals surface area contributed by atoms with Gasteiger partial charge in [0.1, 0.15) is 12.4 Å². The van der Waals surface area contributed by atoms with Crippen molar-refractivity contribution in [3.05, 3.63) is 54.9 Å². The minimum Gasteiger partial charge on any atom is -0.488 e. The van der Waals surface area contributed by atoms with Crippen LogP contribution in [0.2, 0.25) is 0 Å². The van der Waals surface area contributed by atoms with Crippen molar-refractivity contribution in [2.75, 3.05) is 25.6 Å². The van der Waals surface area contributed by atoms with Gasteiger partial charge in [0.25, 0.3) is 0 Å². The number of rotatable bonds is 4. The molecule has 0 unspecified atom stereocenters. The van der Waals surface area contributed by atoms with Gasteiger partial charge < -0.3 is 19.9 Å². The van der Waals surface area contributed by atoms with E-state index < -0.39 is 0 Å². The topological polar surface area (TPSA) is 66.6 Å². The SMILES string of the molecule is Nc1ccncc1-c1ccc2cc(OCC3OCCO3)ccc2c1. The van der Waals surface area contributed by atoms with Gasteiger partial charge in [0.15, 0.2) is 6.29 Å². The molecule has 1 aliphatic heterocycles. The highest BCUT2D eigenvalue weighted by Gasteiger charge is 2.16. The number of anilines is 1. The van der Waals surface area contributed by atoms with Gasteiger partial charge in [-0.3, -0.25) is 4.98 Å². The van der Waals surface area contributed by atoms with Gasteiger partial charge in [-0.05, 0) is 40.6 Å². The molecule has 5 nitrogen and oxygen atoms in total. The van der Waals surface area contributed by atoms with Crippen LogP contribution in [0.3, 0.4) is 0 Å². The average molecular weight is 322 g/mol. The molecule has 24 heavy (non-hydrogen) atoms. The lowest BCUT2D eigenvalue weighted by Crippen LogP contribution is -2.18. The minimum atomic E-state index is -0.267. The summed E-state index contributed by atoms with van der Waals surface area (Å²) in [5, 5.41) is 2.23. The van der Waals surface area contributed by atoms with E-state index in [2.05, 4.69) is 17.1 Å². The molecule has 122 valence electrons. The van der Waals surface area contributed by atoms with E-state index in [4.69, 9.17) is 19.9 Å². The fourth-order valence-electron chi connectivity index (χ4n) is 2.80. The smallest absolute Gasteiger partial charge is 0.191 e. The van der Waals surface area contributed by atoms with E-state index in [0.29, 0.717) is 19.8 Å². The average Bonchev–Trinajstić information content (AvgIpc) is 3.13. The van der Waals surface area contributed by atoms with E-state index in [1.165, 1.54) is 0 Å². The Kier molecular flexibility index (Phi) is 4.02. The van der Waals surface area contributed by atoms with Gasteiger partial charge in [0, 0.05) is 23.6 Å². The molecular weight excluding hydrogens is 304 g/mol. The Bertz CT molecular complexity index is 860. The van der Waals surface area contributed by atoms with Gasteiger partial charge in [-0.25, -0.2) is 0 Å². The number of nitrogens with two attached hydrogens (primary N) is 1. The molecule has 0 aliphatic carbocycles. The molecule has 2 aromatic carbocycles. The molecule has 3 aromatic rings. The second-order valence-corrected chi connectivity index (χ2v) is 5.67. The Hall–Kier alpha value is -2.63. The molecule has 0 bridgehead atoms. The van der Waals surface area contributed by atoms with Crippen LogP contribution in [0.1, 0.15) is 0 Å². The van der Waals surface area contributed by atoms with E-state index in [1.807, 2.05) is 30.3 Å². The van der Waals surface area contributed by atoms with E-state index in [0.717, 1.165) is 33.3 Å². The number of hydrogen-bond donors (Lipinski definition) is 1. The molecule has 0 radical (unpaired) electrons. The lowest BCUT2D eigenvalue weighted by atomic mass is 10.0. The lowest BCUT2D eigenvalue weighted by molar-refractivity contribution is -0.0683. The summed E-state index contributed by atoms with van der Waals surface area (Å²) in [6, 6.07) is 14.0. The van der Waals surface area contributed by atoms with Crippen molar-refractivity contribution in [1.82, 2.24) is 4.98 Å².